The van der Waals surface area contributed by atoms with Crippen molar-refractivity contribution in [3.05, 3.63) is 48.0 Å². The molecule has 1 aliphatic rings. The number of hydrogen-bond acceptors (Lipinski definition) is 4. The van der Waals surface area contributed by atoms with E-state index in [0.29, 0.717) is 18.9 Å². The number of benzene rings is 1. The number of methoxy groups -OCH3 is 1. The summed E-state index contributed by atoms with van der Waals surface area (Å²) in [4.78, 5) is 6.28. The highest BCUT2D eigenvalue weighted by Crippen LogP contribution is 2.31. The Balaban J connectivity index is 0.00000243. The highest BCUT2D eigenvalue weighted by atomic mass is 35.5. The average Bonchev–Trinajstić information content (AvgIpc) is 3.00. The number of aromatic nitrogens is 2. The van der Waals surface area contributed by atoms with E-state index in [2.05, 4.69) is 15.2 Å². The molecule has 1 saturated heterocycles. The number of imidazole rings is 1. The molecule has 5 nitrogen and oxygen atoms in total. The van der Waals surface area contributed by atoms with E-state index in [1.807, 2.05) is 24.3 Å². The molecule has 0 aliphatic carbocycles. The van der Waals surface area contributed by atoms with Crippen molar-refractivity contribution >= 4 is 12.4 Å². The van der Waals surface area contributed by atoms with Gasteiger partial charge in [0.1, 0.15) is 18.1 Å². The minimum absolute atomic E-state index is 0. The smallest absolute Gasteiger partial charge is 0.406 e. The Hall–Kier alpha value is -1.77. The van der Waals surface area contributed by atoms with Crippen LogP contribution in [0.4, 0.5) is 13.2 Å². The second-order valence-corrected chi connectivity index (χ2v) is 6.02. The van der Waals surface area contributed by atoms with Crippen LogP contribution in [0.2, 0.25) is 0 Å². The Labute approximate surface area is 156 Å². The second kappa shape index (κ2) is 8.75. The number of rotatable bonds is 5. The molecule has 1 atom stereocenters. The number of para-hydroxylation sites is 1. The van der Waals surface area contributed by atoms with Crippen LogP contribution in [0.3, 0.4) is 0 Å². The molecule has 0 bridgehead atoms. The third-order valence-electron chi connectivity index (χ3n) is 4.35. The fourth-order valence-electron chi connectivity index (χ4n) is 3.19. The van der Waals surface area contributed by atoms with Crippen molar-refractivity contribution in [2.75, 3.05) is 26.7 Å². The highest BCUT2D eigenvalue weighted by Gasteiger charge is 2.31. The van der Waals surface area contributed by atoms with E-state index in [-0.39, 0.29) is 18.4 Å². The van der Waals surface area contributed by atoms with Crippen LogP contribution >= 0.6 is 12.4 Å². The molecular formula is C17H22ClF3N4O. The topological polar surface area (TPSA) is 42.3 Å². The largest absolute Gasteiger partial charge is 0.496 e. The molecule has 1 unspecified atom stereocenters. The number of alkyl halides is 3. The Morgan fingerprint density at radius 2 is 2.08 bits per heavy atom. The maximum Gasteiger partial charge on any atom is 0.406 e. The van der Waals surface area contributed by atoms with Crippen LogP contribution in [0.1, 0.15) is 17.4 Å². The molecule has 1 aliphatic heterocycles. The first-order valence-electron chi connectivity index (χ1n) is 8.12. The van der Waals surface area contributed by atoms with Crippen LogP contribution in [0.5, 0.6) is 5.75 Å². The first kappa shape index (κ1) is 20.5. The molecule has 0 amide bonds. The molecule has 0 saturated carbocycles. The van der Waals surface area contributed by atoms with Gasteiger partial charge in [0.25, 0.3) is 0 Å². The van der Waals surface area contributed by atoms with Gasteiger partial charge in [0.05, 0.1) is 19.7 Å². The van der Waals surface area contributed by atoms with Gasteiger partial charge in [-0.3, -0.25) is 4.90 Å². The van der Waals surface area contributed by atoms with Gasteiger partial charge in [-0.2, -0.15) is 13.2 Å². The summed E-state index contributed by atoms with van der Waals surface area (Å²) in [5, 5.41) is 3.34. The maximum absolute atomic E-state index is 12.7. The predicted octanol–water partition coefficient (Wildman–Crippen LogP) is 3.02. The van der Waals surface area contributed by atoms with Crippen LogP contribution in [0.25, 0.3) is 0 Å². The first-order chi connectivity index (χ1) is 12.0. The Morgan fingerprint density at radius 1 is 1.31 bits per heavy atom. The van der Waals surface area contributed by atoms with Crippen molar-refractivity contribution < 1.29 is 17.9 Å². The number of nitrogens with zero attached hydrogens (tertiary/aromatic N) is 3. The standard InChI is InChI=1S/C17H21F3N4O.ClH/c1-25-15-5-3-2-4-13(15)14-10-21-6-8-23(14)11-16-22-7-9-24(16)12-17(18,19)20;/h2-5,7,9,14,21H,6,8,10-12H2,1H3;1H. The number of nitrogens with one attached hydrogen (secondary N) is 1. The molecule has 3 rings (SSSR count). The Bertz CT molecular complexity index is 707. The molecule has 1 aromatic heterocycles. The molecule has 144 valence electrons. The Morgan fingerprint density at radius 3 is 2.81 bits per heavy atom. The third kappa shape index (κ3) is 4.90. The summed E-state index contributed by atoms with van der Waals surface area (Å²) in [5.41, 5.74) is 1.02. The van der Waals surface area contributed by atoms with Gasteiger partial charge in [-0.15, -0.1) is 12.4 Å². The van der Waals surface area contributed by atoms with Crippen molar-refractivity contribution in [1.82, 2.24) is 19.8 Å². The highest BCUT2D eigenvalue weighted by molar-refractivity contribution is 5.85. The normalized spacial score (nSPS) is 18.4. The van der Waals surface area contributed by atoms with Crippen molar-refractivity contribution in [2.45, 2.75) is 25.3 Å². The van der Waals surface area contributed by atoms with Gasteiger partial charge < -0.3 is 14.6 Å². The number of halogens is 4. The average molecular weight is 391 g/mol. The lowest BCUT2D eigenvalue weighted by atomic mass is 10.0. The van der Waals surface area contributed by atoms with Gasteiger partial charge in [-0.05, 0) is 6.07 Å². The van der Waals surface area contributed by atoms with Crippen LogP contribution < -0.4 is 10.1 Å². The summed E-state index contributed by atoms with van der Waals surface area (Å²) >= 11 is 0. The SMILES string of the molecule is COc1ccccc1C1CNCCN1Cc1nccn1CC(F)(F)F.Cl. The van der Waals surface area contributed by atoms with E-state index in [4.69, 9.17) is 4.74 Å². The van der Waals surface area contributed by atoms with E-state index in [1.165, 1.54) is 17.0 Å². The molecule has 2 aromatic rings. The molecule has 1 fully saturated rings. The van der Waals surface area contributed by atoms with Crippen molar-refractivity contribution in [1.29, 1.82) is 0 Å². The van der Waals surface area contributed by atoms with Crippen molar-refractivity contribution in [3.8, 4) is 5.75 Å². The molecule has 0 radical (unpaired) electrons. The number of ether oxygens (including phenoxy) is 1. The minimum atomic E-state index is -4.26. The van der Waals surface area contributed by atoms with Gasteiger partial charge in [-0.1, -0.05) is 18.2 Å². The third-order valence-corrected chi connectivity index (χ3v) is 4.35. The second-order valence-electron chi connectivity index (χ2n) is 6.02. The lowest BCUT2D eigenvalue weighted by Gasteiger charge is -2.36. The van der Waals surface area contributed by atoms with Crippen molar-refractivity contribution in [3.63, 3.8) is 0 Å². The van der Waals surface area contributed by atoms with Gasteiger partial charge in [0, 0.05) is 37.6 Å². The summed E-state index contributed by atoms with van der Waals surface area (Å²) in [6.07, 6.45) is -1.47. The van der Waals surface area contributed by atoms with Crippen LogP contribution in [0.15, 0.2) is 36.7 Å². The predicted molar refractivity (Wildman–Crippen MR) is 94.5 cm³/mol. The molecule has 1 aromatic carbocycles. The monoisotopic (exact) mass is 390 g/mol. The van der Waals surface area contributed by atoms with E-state index < -0.39 is 12.7 Å². The zero-order chi connectivity index (χ0) is 17.9. The zero-order valence-corrected chi connectivity index (χ0v) is 15.2. The van der Waals surface area contributed by atoms with Gasteiger partial charge >= 0.3 is 6.18 Å². The molecular weight excluding hydrogens is 369 g/mol. The van der Waals surface area contributed by atoms with E-state index in [0.717, 1.165) is 24.4 Å². The maximum atomic E-state index is 12.7. The molecule has 26 heavy (non-hydrogen) atoms. The summed E-state index contributed by atoms with van der Waals surface area (Å²) in [6.45, 7) is 1.55. The molecule has 0 spiro atoms. The summed E-state index contributed by atoms with van der Waals surface area (Å²) in [7, 11) is 1.62. The van der Waals surface area contributed by atoms with E-state index in [1.54, 1.807) is 7.11 Å². The van der Waals surface area contributed by atoms with Crippen molar-refractivity contribution in [2.24, 2.45) is 0 Å². The quantitative estimate of drug-likeness (QED) is 0.852. The fourth-order valence-corrected chi connectivity index (χ4v) is 3.19. The zero-order valence-electron chi connectivity index (χ0n) is 14.4. The van der Waals surface area contributed by atoms with Crippen LogP contribution in [-0.4, -0.2) is 47.4 Å². The minimum Gasteiger partial charge on any atom is -0.496 e. The van der Waals surface area contributed by atoms with Gasteiger partial charge in [0.15, 0.2) is 0 Å². The summed E-state index contributed by atoms with van der Waals surface area (Å²) in [6, 6.07) is 7.74. The lowest BCUT2D eigenvalue weighted by Crippen LogP contribution is -2.46. The summed E-state index contributed by atoms with van der Waals surface area (Å²) < 4.78 is 44.8. The fraction of sp³-hybridized carbons (Fsp3) is 0.471. The molecule has 1 N–H and O–H groups in total. The Kier molecular flexibility index (Phi) is 6.91. The van der Waals surface area contributed by atoms with E-state index >= 15 is 0 Å². The van der Waals surface area contributed by atoms with Crippen LogP contribution in [0, 0.1) is 0 Å². The first-order valence-corrected chi connectivity index (χ1v) is 8.12. The summed E-state index contributed by atoms with van der Waals surface area (Å²) in [5.74, 6) is 1.19. The van der Waals surface area contributed by atoms with E-state index in [9.17, 15) is 13.2 Å². The molecule has 2 heterocycles. The number of piperazine rings is 1. The van der Waals surface area contributed by atoms with Gasteiger partial charge in [0.2, 0.25) is 0 Å². The lowest BCUT2D eigenvalue weighted by molar-refractivity contribution is -0.141. The van der Waals surface area contributed by atoms with Gasteiger partial charge in [-0.25, -0.2) is 4.98 Å². The number of hydrogen-bond donors (Lipinski definition) is 1. The van der Waals surface area contributed by atoms with Crippen LogP contribution in [-0.2, 0) is 13.1 Å². The molecule has 9 heteroatoms.